The molecule has 0 bridgehead atoms. The van der Waals surface area contributed by atoms with Gasteiger partial charge >= 0.3 is 0 Å². The van der Waals surface area contributed by atoms with Crippen LogP contribution in [-0.4, -0.2) is 40.8 Å². The summed E-state index contributed by atoms with van der Waals surface area (Å²) >= 11 is 6.36. The first-order chi connectivity index (χ1) is 17.8. The highest BCUT2D eigenvalue weighted by Crippen LogP contribution is 2.37. The number of aryl methyl sites for hydroxylation is 2. The number of ether oxygens (including phenoxy) is 1. The van der Waals surface area contributed by atoms with Gasteiger partial charge in [0.1, 0.15) is 23.5 Å². The van der Waals surface area contributed by atoms with Crippen LogP contribution in [0.1, 0.15) is 43.6 Å². The second-order valence-electron chi connectivity index (χ2n) is 9.03. The van der Waals surface area contributed by atoms with Gasteiger partial charge in [0, 0.05) is 23.8 Å². The molecule has 192 valence electrons. The third-order valence-corrected chi connectivity index (χ3v) is 6.86. The monoisotopic (exact) mass is 526 g/mol. The molecule has 1 aliphatic heterocycles. The van der Waals surface area contributed by atoms with E-state index in [2.05, 4.69) is 15.0 Å². The van der Waals surface area contributed by atoms with Crippen LogP contribution in [0.3, 0.4) is 0 Å². The van der Waals surface area contributed by atoms with Crippen LogP contribution in [0.25, 0.3) is 22.1 Å². The van der Waals surface area contributed by atoms with Crippen LogP contribution >= 0.6 is 11.6 Å². The fourth-order valence-electron chi connectivity index (χ4n) is 4.73. The number of furan rings is 1. The molecule has 3 heterocycles. The van der Waals surface area contributed by atoms with Crippen LogP contribution in [0.15, 0.2) is 45.8 Å². The van der Waals surface area contributed by atoms with Crippen molar-refractivity contribution >= 4 is 57.4 Å². The van der Waals surface area contributed by atoms with Crippen molar-refractivity contribution in [2.24, 2.45) is 4.99 Å². The highest BCUT2D eigenvalue weighted by atomic mass is 35.5. The van der Waals surface area contributed by atoms with Crippen molar-refractivity contribution < 1.29 is 22.7 Å². The highest BCUT2D eigenvalue weighted by molar-refractivity contribution is 6.31. The number of benzene rings is 2. The summed E-state index contributed by atoms with van der Waals surface area (Å²) in [6, 6.07) is 10.2. The Morgan fingerprint density at radius 2 is 2.11 bits per heavy atom. The number of carbonyl (C=O) groups excluding carboxylic acids is 1. The van der Waals surface area contributed by atoms with Gasteiger partial charge in [-0.1, -0.05) is 36.7 Å². The SMILES string of the molecule is CCc1cc(C)c(N=C(C)O[C@H]2C[C@@H](C=O)N(c3nc(C(F)F)nc4c3oc3ccccc34)C2)cc1Cl. The number of hydrogen-bond acceptors (Lipinski definition) is 7. The molecule has 1 saturated heterocycles. The van der Waals surface area contributed by atoms with Gasteiger partial charge < -0.3 is 18.8 Å². The highest BCUT2D eigenvalue weighted by Gasteiger charge is 2.37. The van der Waals surface area contributed by atoms with Gasteiger partial charge in [0.25, 0.3) is 6.43 Å². The maximum atomic E-state index is 13.7. The van der Waals surface area contributed by atoms with Crippen LogP contribution in [-0.2, 0) is 16.0 Å². The molecule has 7 nitrogen and oxygen atoms in total. The van der Waals surface area contributed by atoms with Crippen molar-refractivity contribution in [3.63, 3.8) is 0 Å². The first-order valence-electron chi connectivity index (χ1n) is 12.0. The zero-order chi connectivity index (χ0) is 26.3. The second kappa shape index (κ2) is 10.0. The number of aliphatic imine (C=N–C) groups is 1. The average molecular weight is 527 g/mol. The lowest BCUT2D eigenvalue weighted by Gasteiger charge is -2.21. The van der Waals surface area contributed by atoms with Crippen LogP contribution in [0, 0.1) is 6.92 Å². The summed E-state index contributed by atoms with van der Waals surface area (Å²) < 4.78 is 39.5. The number of hydrogen-bond donors (Lipinski definition) is 0. The Morgan fingerprint density at radius 1 is 1.32 bits per heavy atom. The average Bonchev–Trinajstić information content (AvgIpc) is 3.46. The van der Waals surface area contributed by atoms with E-state index in [0.29, 0.717) is 34.0 Å². The normalized spacial score (nSPS) is 18.4. The molecule has 0 spiro atoms. The van der Waals surface area contributed by atoms with E-state index in [9.17, 15) is 13.6 Å². The summed E-state index contributed by atoms with van der Waals surface area (Å²) in [6.07, 6.45) is -1.39. The first-order valence-corrected chi connectivity index (χ1v) is 12.4. The molecular formula is C27H25ClF2N4O3. The number of fused-ring (bicyclic) bond motifs is 3. The Balaban J connectivity index is 1.47. The molecule has 4 aromatic rings. The first kappa shape index (κ1) is 25.1. The lowest BCUT2D eigenvalue weighted by Crippen LogP contribution is -2.32. The van der Waals surface area contributed by atoms with E-state index >= 15 is 0 Å². The second-order valence-corrected chi connectivity index (χ2v) is 9.44. The molecule has 1 fully saturated rings. The predicted molar refractivity (Wildman–Crippen MR) is 139 cm³/mol. The Morgan fingerprint density at radius 3 is 2.84 bits per heavy atom. The number of alkyl halides is 2. The Kier molecular flexibility index (Phi) is 6.81. The number of nitrogens with zero attached hydrogens (tertiary/aromatic N) is 4. The summed E-state index contributed by atoms with van der Waals surface area (Å²) in [7, 11) is 0. The van der Waals surface area contributed by atoms with E-state index in [1.807, 2.05) is 26.0 Å². The molecule has 0 amide bonds. The van der Waals surface area contributed by atoms with Gasteiger partial charge in [0.15, 0.2) is 23.1 Å². The van der Waals surface area contributed by atoms with Crippen molar-refractivity contribution in [1.82, 2.24) is 9.97 Å². The van der Waals surface area contributed by atoms with Gasteiger partial charge in [0.05, 0.1) is 18.3 Å². The molecular weight excluding hydrogens is 502 g/mol. The van der Waals surface area contributed by atoms with Crippen LogP contribution in [0.2, 0.25) is 5.02 Å². The van der Waals surface area contributed by atoms with Gasteiger partial charge in [-0.25, -0.2) is 23.7 Å². The van der Waals surface area contributed by atoms with Crippen LogP contribution < -0.4 is 4.90 Å². The van der Waals surface area contributed by atoms with Gasteiger partial charge in [-0.2, -0.15) is 0 Å². The van der Waals surface area contributed by atoms with Crippen molar-refractivity contribution in [2.45, 2.75) is 52.2 Å². The maximum absolute atomic E-state index is 13.7. The molecule has 0 radical (unpaired) electrons. The molecule has 0 N–H and O–H groups in total. The van der Waals surface area contributed by atoms with Gasteiger partial charge in [0.2, 0.25) is 0 Å². The Hall–Kier alpha value is -3.59. The largest absolute Gasteiger partial charge is 0.476 e. The summed E-state index contributed by atoms with van der Waals surface area (Å²) in [6.45, 7) is 5.96. The third-order valence-electron chi connectivity index (χ3n) is 6.51. The number of aldehydes is 1. The number of anilines is 1. The summed E-state index contributed by atoms with van der Waals surface area (Å²) in [5.41, 5.74) is 3.75. The van der Waals surface area contributed by atoms with Gasteiger partial charge in [-0.05, 0) is 42.7 Å². The zero-order valence-corrected chi connectivity index (χ0v) is 21.3. The molecule has 2 aromatic heterocycles. The maximum Gasteiger partial charge on any atom is 0.297 e. The van der Waals surface area contributed by atoms with E-state index in [1.54, 1.807) is 36.1 Å². The van der Waals surface area contributed by atoms with E-state index in [1.165, 1.54) is 0 Å². The molecule has 2 atom stereocenters. The lowest BCUT2D eigenvalue weighted by atomic mass is 10.1. The van der Waals surface area contributed by atoms with Crippen molar-refractivity contribution in [3.8, 4) is 0 Å². The van der Waals surface area contributed by atoms with E-state index in [-0.39, 0.29) is 23.5 Å². The third kappa shape index (κ3) is 4.75. The number of para-hydroxylation sites is 1. The topological polar surface area (TPSA) is 80.8 Å². The smallest absolute Gasteiger partial charge is 0.297 e. The molecule has 0 unspecified atom stereocenters. The molecule has 5 rings (SSSR count). The standard InChI is InChI=1S/C27H25ClF2N4O3/c1-4-16-9-14(2)21(11-20(16)28)31-15(3)36-18-10-17(13-35)34(12-18)27-24-23(32-26(33-27)25(29)30)19-7-5-6-8-22(19)37-24/h5-9,11,13,17-18,25H,4,10,12H2,1-3H3/t17-,18-/m0/s1. The zero-order valence-electron chi connectivity index (χ0n) is 20.5. The minimum Gasteiger partial charge on any atom is -0.476 e. The van der Waals surface area contributed by atoms with E-state index in [4.69, 9.17) is 20.8 Å². The van der Waals surface area contributed by atoms with Crippen LogP contribution in [0.4, 0.5) is 20.3 Å². The van der Waals surface area contributed by atoms with Crippen molar-refractivity contribution in [2.75, 3.05) is 11.4 Å². The fraction of sp³-hybridized carbons (Fsp3) is 0.333. The lowest BCUT2D eigenvalue weighted by molar-refractivity contribution is -0.108. The van der Waals surface area contributed by atoms with E-state index in [0.717, 1.165) is 23.8 Å². The fourth-order valence-corrected chi connectivity index (χ4v) is 5.02. The molecule has 0 aliphatic carbocycles. The molecule has 10 heteroatoms. The minimum absolute atomic E-state index is 0.145. The summed E-state index contributed by atoms with van der Waals surface area (Å²) in [5, 5.41) is 1.24. The van der Waals surface area contributed by atoms with Crippen LogP contribution in [0.5, 0.6) is 0 Å². The number of carbonyl (C=O) groups is 1. The molecule has 2 aromatic carbocycles. The van der Waals surface area contributed by atoms with Crippen molar-refractivity contribution in [3.05, 3.63) is 58.4 Å². The quantitative estimate of drug-likeness (QED) is 0.157. The number of rotatable bonds is 6. The molecule has 1 aliphatic rings. The molecule has 0 saturated carbocycles. The van der Waals surface area contributed by atoms with Gasteiger partial charge in [-0.3, -0.25) is 0 Å². The summed E-state index contributed by atoms with van der Waals surface area (Å²) in [4.78, 5) is 26.4. The predicted octanol–water partition coefficient (Wildman–Crippen LogP) is 6.75. The van der Waals surface area contributed by atoms with E-state index < -0.39 is 24.4 Å². The van der Waals surface area contributed by atoms with Crippen molar-refractivity contribution in [1.29, 1.82) is 0 Å². The Bertz CT molecular complexity index is 1520. The molecule has 37 heavy (non-hydrogen) atoms. The number of aromatic nitrogens is 2. The Labute approximate surface area is 217 Å². The van der Waals surface area contributed by atoms with Gasteiger partial charge in [-0.15, -0.1) is 0 Å². The number of halogens is 3. The minimum atomic E-state index is -2.88. The summed E-state index contributed by atoms with van der Waals surface area (Å²) in [5.74, 6) is -0.0690.